The standard InChI is InChI=1S/C48H28O2/c1-2-11-29(12-3-1)46-35-16-4-6-18-37(35)47(38-19-7-5-17-36(38)46)33-14-10-13-30(25-33)31-21-23-43-41(26-31)48-39-28-40-34-15-8-9-20-42(34)50-45(40)27-32(39)22-24-44(48)49-43/h1-28H. The maximum absolute atomic E-state index is 6.45. The summed E-state index contributed by atoms with van der Waals surface area (Å²) in [5, 5.41) is 11.8. The van der Waals surface area contributed by atoms with Crippen molar-refractivity contribution in [3.05, 3.63) is 170 Å². The van der Waals surface area contributed by atoms with Gasteiger partial charge in [-0.3, -0.25) is 0 Å². The first-order valence-corrected chi connectivity index (χ1v) is 17.1. The van der Waals surface area contributed by atoms with Gasteiger partial charge in [-0.15, -0.1) is 0 Å². The Morgan fingerprint density at radius 2 is 0.820 bits per heavy atom. The Morgan fingerprint density at radius 1 is 0.260 bits per heavy atom. The number of hydrogen-bond donors (Lipinski definition) is 0. The fraction of sp³-hybridized carbons (Fsp3) is 0. The van der Waals surface area contributed by atoms with Gasteiger partial charge in [-0.1, -0.05) is 127 Å². The fourth-order valence-corrected chi connectivity index (χ4v) is 8.21. The second kappa shape index (κ2) is 10.4. The lowest BCUT2D eigenvalue weighted by Gasteiger charge is -2.18. The van der Waals surface area contributed by atoms with Gasteiger partial charge in [0.05, 0.1) is 0 Å². The van der Waals surface area contributed by atoms with E-state index in [2.05, 4.69) is 158 Å². The summed E-state index contributed by atoms with van der Waals surface area (Å²) in [5.74, 6) is 0. The van der Waals surface area contributed by atoms with Crippen LogP contribution in [0.4, 0.5) is 0 Å². The molecule has 232 valence electrons. The minimum Gasteiger partial charge on any atom is -0.456 e. The fourth-order valence-electron chi connectivity index (χ4n) is 8.21. The maximum Gasteiger partial charge on any atom is 0.136 e. The minimum atomic E-state index is 0.887. The van der Waals surface area contributed by atoms with E-state index in [0.29, 0.717) is 0 Å². The van der Waals surface area contributed by atoms with Gasteiger partial charge in [-0.2, -0.15) is 0 Å². The Bertz CT molecular complexity index is 3080. The lowest BCUT2D eigenvalue weighted by Crippen LogP contribution is -1.91. The number of benzene rings is 9. The van der Waals surface area contributed by atoms with Crippen LogP contribution in [-0.2, 0) is 0 Å². The number of fused-ring (bicyclic) bond motifs is 10. The van der Waals surface area contributed by atoms with E-state index in [1.165, 1.54) is 54.7 Å². The average Bonchev–Trinajstić information content (AvgIpc) is 3.74. The van der Waals surface area contributed by atoms with Crippen LogP contribution in [0.5, 0.6) is 0 Å². The SMILES string of the molecule is c1ccc(-c2c3ccccc3c(-c3cccc(-c4ccc5oc6ccc7cc8oc9ccccc9c8cc7c6c5c4)c3)c3ccccc23)cc1. The molecule has 0 unspecified atom stereocenters. The minimum absolute atomic E-state index is 0.887. The molecule has 0 N–H and O–H groups in total. The third-order valence-corrected chi connectivity index (χ3v) is 10.4. The molecule has 0 amide bonds. The van der Waals surface area contributed by atoms with E-state index in [1.54, 1.807) is 0 Å². The first kappa shape index (κ1) is 27.3. The van der Waals surface area contributed by atoms with Crippen molar-refractivity contribution in [3.8, 4) is 33.4 Å². The third-order valence-electron chi connectivity index (χ3n) is 10.4. The van der Waals surface area contributed by atoms with E-state index in [0.717, 1.165) is 54.8 Å². The molecule has 50 heavy (non-hydrogen) atoms. The zero-order chi connectivity index (χ0) is 32.8. The van der Waals surface area contributed by atoms with Gasteiger partial charge >= 0.3 is 0 Å². The van der Waals surface area contributed by atoms with E-state index in [4.69, 9.17) is 8.83 Å². The molecule has 0 aliphatic heterocycles. The van der Waals surface area contributed by atoms with Gasteiger partial charge in [0, 0.05) is 21.5 Å². The molecule has 0 radical (unpaired) electrons. The summed E-state index contributed by atoms with van der Waals surface area (Å²) >= 11 is 0. The van der Waals surface area contributed by atoms with Gasteiger partial charge < -0.3 is 8.83 Å². The van der Waals surface area contributed by atoms with Gasteiger partial charge in [0.1, 0.15) is 22.3 Å². The summed E-state index contributed by atoms with van der Waals surface area (Å²) in [4.78, 5) is 0. The maximum atomic E-state index is 6.45. The van der Waals surface area contributed by atoms with Crippen LogP contribution in [0.2, 0.25) is 0 Å². The van der Waals surface area contributed by atoms with Crippen molar-refractivity contribution in [1.29, 1.82) is 0 Å². The zero-order valence-corrected chi connectivity index (χ0v) is 27.0. The Kier molecular flexibility index (Phi) is 5.70. The molecule has 0 fully saturated rings. The van der Waals surface area contributed by atoms with Crippen molar-refractivity contribution >= 4 is 76.2 Å². The molecule has 0 spiro atoms. The van der Waals surface area contributed by atoms with Crippen molar-refractivity contribution in [2.45, 2.75) is 0 Å². The molecule has 2 nitrogen and oxygen atoms in total. The summed E-state index contributed by atoms with van der Waals surface area (Å²) in [7, 11) is 0. The summed E-state index contributed by atoms with van der Waals surface area (Å²) in [6.07, 6.45) is 0. The van der Waals surface area contributed by atoms with Crippen molar-refractivity contribution in [2.75, 3.05) is 0 Å². The first-order valence-electron chi connectivity index (χ1n) is 17.1. The first-order chi connectivity index (χ1) is 24.8. The van der Waals surface area contributed by atoms with Crippen molar-refractivity contribution in [1.82, 2.24) is 0 Å². The van der Waals surface area contributed by atoms with Gasteiger partial charge in [-0.25, -0.2) is 0 Å². The van der Waals surface area contributed by atoms with Gasteiger partial charge in [-0.05, 0) is 108 Å². The molecule has 0 aliphatic rings. The van der Waals surface area contributed by atoms with Crippen LogP contribution in [0.3, 0.4) is 0 Å². The highest BCUT2D eigenvalue weighted by atomic mass is 16.3. The molecule has 0 atom stereocenters. The number of rotatable bonds is 3. The zero-order valence-electron chi connectivity index (χ0n) is 27.0. The van der Waals surface area contributed by atoms with Crippen molar-refractivity contribution < 1.29 is 8.83 Å². The highest BCUT2D eigenvalue weighted by Gasteiger charge is 2.18. The topological polar surface area (TPSA) is 26.3 Å². The number of hydrogen-bond acceptors (Lipinski definition) is 2. The molecule has 11 aromatic rings. The Morgan fingerprint density at radius 3 is 1.58 bits per heavy atom. The molecular formula is C48H28O2. The van der Waals surface area contributed by atoms with Crippen molar-refractivity contribution in [2.24, 2.45) is 0 Å². The van der Waals surface area contributed by atoms with Crippen molar-refractivity contribution in [3.63, 3.8) is 0 Å². The monoisotopic (exact) mass is 636 g/mol. The average molecular weight is 637 g/mol. The predicted molar refractivity (Wildman–Crippen MR) is 210 cm³/mol. The van der Waals surface area contributed by atoms with Crippen LogP contribution in [0, 0.1) is 0 Å². The van der Waals surface area contributed by atoms with E-state index in [9.17, 15) is 0 Å². The van der Waals surface area contributed by atoms with Crippen LogP contribution >= 0.6 is 0 Å². The Balaban J connectivity index is 1.13. The second-order valence-corrected chi connectivity index (χ2v) is 13.2. The van der Waals surface area contributed by atoms with E-state index in [-0.39, 0.29) is 0 Å². The molecule has 0 saturated carbocycles. The molecule has 11 rings (SSSR count). The number of para-hydroxylation sites is 1. The smallest absolute Gasteiger partial charge is 0.136 e. The van der Waals surface area contributed by atoms with Gasteiger partial charge in [0.25, 0.3) is 0 Å². The lowest BCUT2D eigenvalue weighted by atomic mass is 9.85. The van der Waals surface area contributed by atoms with Crippen LogP contribution in [-0.4, -0.2) is 0 Å². The summed E-state index contributed by atoms with van der Waals surface area (Å²) in [6, 6.07) is 60.9. The molecule has 2 aromatic heterocycles. The summed E-state index contributed by atoms with van der Waals surface area (Å²) in [6.45, 7) is 0. The normalized spacial score (nSPS) is 12.0. The van der Waals surface area contributed by atoms with Crippen LogP contribution in [0.1, 0.15) is 0 Å². The molecular weight excluding hydrogens is 609 g/mol. The highest BCUT2D eigenvalue weighted by Crippen LogP contribution is 2.45. The van der Waals surface area contributed by atoms with Gasteiger partial charge in [0.2, 0.25) is 0 Å². The van der Waals surface area contributed by atoms with E-state index in [1.807, 2.05) is 12.1 Å². The van der Waals surface area contributed by atoms with E-state index >= 15 is 0 Å². The molecule has 0 aliphatic carbocycles. The molecule has 2 heteroatoms. The van der Waals surface area contributed by atoms with Crippen LogP contribution in [0.15, 0.2) is 179 Å². The van der Waals surface area contributed by atoms with Crippen LogP contribution in [0.25, 0.3) is 110 Å². The second-order valence-electron chi connectivity index (χ2n) is 13.2. The lowest BCUT2D eigenvalue weighted by molar-refractivity contribution is 0.668. The Labute approximate surface area is 287 Å². The Hall–Kier alpha value is -6.64. The highest BCUT2D eigenvalue weighted by molar-refractivity contribution is 6.24. The predicted octanol–water partition coefficient (Wildman–Crippen LogP) is 13.9. The van der Waals surface area contributed by atoms with Gasteiger partial charge in [0.15, 0.2) is 0 Å². The van der Waals surface area contributed by atoms with E-state index < -0.39 is 0 Å². The quantitative estimate of drug-likeness (QED) is 0.180. The molecule has 2 heterocycles. The van der Waals surface area contributed by atoms with Crippen LogP contribution < -0.4 is 0 Å². The number of furan rings is 2. The molecule has 0 bridgehead atoms. The molecule has 9 aromatic carbocycles. The summed E-state index contributed by atoms with van der Waals surface area (Å²) in [5.41, 5.74) is 10.9. The third kappa shape index (κ3) is 3.96. The summed E-state index contributed by atoms with van der Waals surface area (Å²) < 4.78 is 12.7. The molecule has 0 saturated heterocycles. The largest absolute Gasteiger partial charge is 0.456 e.